The summed E-state index contributed by atoms with van der Waals surface area (Å²) < 4.78 is 29.5. The van der Waals surface area contributed by atoms with E-state index in [1.165, 1.54) is 13.4 Å². The summed E-state index contributed by atoms with van der Waals surface area (Å²) in [5.74, 6) is 0.493. The van der Waals surface area contributed by atoms with Gasteiger partial charge in [-0.15, -0.1) is 0 Å². The van der Waals surface area contributed by atoms with Crippen molar-refractivity contribution in [3.05, 3.63) is 28.8 Å². The summed E-state index contributed by atoms with van der Waals surface area (Å²) in [6.45, 7) is 4.30. The van der Waals surface area contributed by atoms with Crippen LogP contribution in [0.15, 0.2) is 17.0 Å². The first-order chi connectivity index (χ1) is 11.3. The summed E-state index contributed by atoms with van der Waals surface area (Å²) in [5.41, 5.74) is 2.17. The van der Waals surface area contributed by atoms with E-state index < -0.39 is 15.8 Å². The topological polar surface area (TPSA) is 60.4 Å². The quantitative estimate of drug-likeness (QED) is 0.748. The van der Waals surface area contributed by atoms with Gasteiger partial charge >= 0.3 is 5.97 Å². The Balaban J connectivity index is 2.59. The summed E-state index contributed by atoms with van der Waals surface area (Å²) in [6.07, 6.45) is 7.11. The van der Waals surface area contributed by atoms with Crippen LogP contribution in [0.25, 0.3) is 0 Å². The van der Waals surface area contributed by atoms with Gasteiger partial charge in [-0.2, -0.15) is 0 Å². The molecule has 1 aromatic rings. The molecule has 1 aliphatic rings. The van der Waals surface area contributed by atoms with Crippen LogP contribution in [0.3, 0.4) is 0 Å². The third-order valence-corrected chi connectivity index (χ3v) is 6.17. The van der Waals surface area contributed by atoms with E-state index in [1.807, 2.05) is 13.0 Å². The molecule has 0 atom stereocenters. The molecule has 1 fully saturated rings. The SMILES string of the molecule is CCCc1cc(C2CCC(C)CC2)c(S(C)(=O)=O)cc1C(=O)OC. The lowest BCUT2D eigenvalue weighted by atomic mass is 9.78. The monoisotopic (exact) mass is 352 g/mol. The van der Waals surface area contributed by atoms with Crippen molar-refractivity contribution < 1.29 is 17.9 Å². The highest BCUT2D eigenvalue weighted by molar-refractivity contribution is 7.90. The molecule has 0 aromatic heterocycles. The van der Waals surface area contributed by atoms with Crippen molar-refractivity contribution in [3.63, 3.8) is 0 Å². The molecule has 1 saturated carbocycles. The number of carbonyl (C=O) groups excluding carboxylic acids is 1. The predicted molar refractivity (Wildman–Crippen MR) is 95.3 cm³/mol. The molecule has 0 amide bonds. The molecule has 24 heavy (non-hydrogen) atoms. The Hall–Kier alpha value is -1.36. The van der Waals surface area contributed by atoms with Crippen LogP contribution in [0, 0.1) is 5.92 Å². The van der Waals surface area contributed by atoms with Gasteiger partial charge in [0.1, 0.15) is 0 Å². The van der Waals surface area contributed by atoms with Gasteiger partial charge in [0, 0.05) is 6.26 Å². The number of methoxy groups -OCH3 is 1. The molecule has 2 rings (SSSR count). The van der Waals surface area contributed by atoms with E-state index in [0.29, 0.717) is 16.4 Å². The van der Waals surface area contributed by atoms with E-state index in [-0.39, 0.29) is 5.92 Å². The average molecular weight is 352 g/mol. The Bertz CT molecular complexity index is 698. The highest BCUT2D eigenvalue weighted by Gasteiger charge is 2.27. The fourth-order valence-corrected chi connectivity index (χ4v) is 4.62. The zero-order valence-electron chi connectivity index (χ0n) is 15.1. The molecule has 0 heterocycles. The van der Waals surface area contributed by atoms with Gasteiger partial charge in [-0.3, -0.25) is 0 Å². The number of sulfone groups is 1. The van der Waals surface area contributed by atoms with Gasteiger partial charge in [0.05, 0.1) is 17.6 Å². The number of esters is 1. The number of ether oxygens (including phenoxy) is 1. The summed E-state index contributed by atoms with van der Waals surface area (Å²) in [7, 11) is -2.07. The Morgan fingerprint density at radius 3 is 2.33 bits per heavy atom. The lowest BCUT2D eigenvalue weighted by Gasteiger charge is -2.28. The third kappa shape index (κ3) is 4.18. The lowest BCUT2D eigenvalue weighted by molar-refractivity contribution is 0.0599. The number of hydrogen-bond acceptors (Lipinski definition) is 4. The Labute approximate surface area is 145 Å². The van der Waals surface area contributed by atoms with Gasteiger partial charge in [0.15, 0.2) is 9.84 Å². The van der Waals surface area contributed by atoms with Gasteiger partial charge in [-0.05, 0) is 48.3 Å². The first-order valence-corrected chi connectivity index (χ1v) is 10.6. The van der Waals surface area contributed by atoms with E-state index in [2.05, 4.69) is 6.92 Å². The molecule has 0 bridgehead atoms. The van der Waals surface area contributed by atoms with E-state index in [9.17, 15) is 13.2 Å². The Morgan fingerprint density at radius 1 is 1.21 bits per heavy atom. The van der Waals surface area contributed by atoms with E-state index in [4.69, 9.17) is 4.74 Å². The van der Waals surface area contributed by atoms with Crippen molar-refractivity contribution >= 4 is 15.8 Å². The van der Waals surface area contributed by atoms with Crippen molar-refractivity contribution in [2.45, 2.75) is 63.2 Å². The van der Waals surface area contributed by atoms with E-state index in [0.717, 1.165) is 49.7 Å². The van der Waals surface area contributed by atoms with Gasteiger partial charge in [0.2, 0.25) is 0 Å². The number of rotatable bonds is 5. The van der Waals surface area contributed by atoms with Crippen LogP contribution in [0.2, 0.25) is 0 Å². The van der Waals surface area contributed by atoms with Gasteiger partial charge in [0.25, 0.3) is 0 Å². The highest BCUT2D eigenvalue weighted by Crippen LogP contribution is 2.39. The van der Waals surface area contributed by atoms with Crippen molar-refractivity contribution in [2.75, 3.05) is 13.4 Å². The molecule has 1 aromatic carbocycles. The normalized spacial score (nSPS) is 21.5. The van der Waals surface area contributed by atoms with Crippen molar-refractivity contribution in [2.24, 2.45) is 5.92 Å². The molecule has 134 valence electrons. The number of carbonyl (C=O) groups is 1. The molecule has 0 N–H and O–H groups in total. The minimum Gasteiger partial charge on any atom is -0.465 e. The Kier molecular flexibility index (Phi) is 6.07. The molecule has 0 radical (unpaired) electrons. The zero-order valence-corrected chi connectivity index (χ0v) is 15.9. The second-order valence-corrected chi connectivity index (χ2v) is 9.00. The molecule has 1 aliphatic carbocycles. The number of hydrogen-bond donors (Lipinski definition) is 0. The van der Waals surface area contributed by atoms with Crippen molar-refractivity contribution in [1.29, 1.82) is 0 Å². The molecule has 0 unspecified atom stereocenters. The predicted octanol–water partition coefficient (Wildman–Crippen LogP) is 4.12. The maximum atomic E-state index is 12.3. The van der Waals surface area contributed by atoms with Gasteiger partial charge < -0.3 is 4.74 Å². The van der Waals surface area contributed by atoms with Crippen LogP contribution in [0.1, 0.15) is 73.4 Å². The summed E-state index contributed by atoms with van der Waals surface area (Å²) >= 11 is 0. The van der Waals surface area contributed by atoms with Crippen LogP contribution in [-0.4, -0.2) is 27.8 Å². The van der Waals surface area contributed by atoms with Crippen molar-refractivity contribution in [3.8, 4) is 0 Å². The molecular weight excluding hydrogens is 324 g/mol. The molecule has 0 saturated heterocycles. The maximum absolute atomic E-state index is 12.3. The van der Waals surface area contributed by atoms with Crippen LogP contribution < -0.4 is 0 Å². The highest BCUT2D eigenvalue weighted by atomic mass is 32.2. The van der Waals surface area contributed by atoms with Gasteiger partial charge in [-0.25, -0.2) is 13.2 Å². The van der Waals surface area contributed by atoms with E-state index >= 15 is 0 Å². The van der Waals surface area contributed by atoms with Crippen LogP contribution in [-0.2, 0) is 21.0 Å². The largest absolute Gasteiger partial charge is 0.465 e. The first-order valence-electron chi connectivity index (χ1n) is 8.73. The number of aryl methyl sites for hydroxylation is 1. The fraction of sp³-hybridized carbons (Fsp3) is 0.632. The average Bonchev–Trinajstić information content (AvgIpc) is 2.54. The summed E-state index contributed by atoms with van der Waals surface area (Å²) in [6, 6.07) is 3.49. The van der Waals surface area contributed by atoms with Crippen LogP contribution in [0.4, 0.5) is 0 Å². The lowest BCUT2D eigenvalue weighted by Crippen LogP contribution is -2.16. The van der Waals surface area contributed by atoms with E-state index in [1.54, 1.807) is 6.07 Å². The van der Waals surface area contributed by atoms with Crippen LogP contribution >= 0.6 is 0 Å². The third-order valence-electron chi connectivity index (χ3n) is 5.02. The fourth-order valence-electron chi connectivity index (χ4n) is 3.63. The van der Waals surface area contributed by atoms with Gasteiger partial charge in [-0.1, -0.05) is 39.2 Å². The summed E-state index contributed by atoms with van der Waals surface area (Å²) in [5, 5.41) is 0. The molecule has 0 aliphatic heterocycles. The Morgan fingerprint density at radius 2 is 1.83 bits per heavy atom. The smallest absolute Gasteiger partial charge is 0.338 e. The molecule has 5 heteroatoms. The van der Waals surface area contributed by atoms with Crippen LogP contribution in [0.5, 0.6) is 0 Å². The minimum atomic E-state index is -3.40. The minimum absolute atomic E-state index is 0.258. The first kappa shape index (κ1) is 19.0. The zero-order chi connectivity index (χ0) is 17.9. The second kappa shape index (κ2) is 7.68. The summed E-state index contributed by atoms with van der Waals surface area (Å²) in [4.78, 5) is 12.4. The molecule has 4 nitrogen and oxygen atoms in total. The number of benzene rings is 1. The van der Waals surface area contributed by atoms with Crippen molar-refractivity contribution in [1.82, 2.24) is 0 Å². The maximum Gasteiger partial charge on any atom is 0.338 e. The molecular formula is C19H28O4S. The standard InChI is InChI=1S/C19H28O4S/c1-5-6-15-11-16(14-9-7-13(2)8-10-14)18(24(4,21)22)12-17(15)19(20)23-3/h11-14H,5-10H2,1-4H3. The second-order valence-electron chi connectivity index (χ2n) is 7.02. The molecule has 0 spiro atoms.